The van der Waals surface area contributed by atoms with Gasteiger partial charge in [-0.3, -0.25) is 9.59 Å². The second-order valence-electron chi connectivity index (χ2n) is 9.19. The van der Waals surface area contributed by atoms with Crippen molar-refractivity contribution in [1.82, 2.24) is 15.8 Å². The van der Waals surface area contributed by atoms with E-state index >= 15 is 0 Å². The van der Waals surface area contributed by atoms with Gasteiger partial charge in [0.15, 0.2) is 0 Å². The molecule has 1 aliphatic heterocycles. The van der Waals surface area contributed by atoms with E-state index in [1.165, 1.54) is 5.01 Å². The molecule has 0 aromatic heterocycles. The van der Waals surface area contributed by atoms with Crippen LogP contribution in [0.2, 0.25) is 19.6 Å². The SMILES string of the molecule is CCOC(=O)CCC(=O)N1C[C@@H](OCOC(C)[Si](C)(C)C)[C@@H](Cc2ccccc2)NC(=O)N1. The number of nitrogens with one attached hydrogen (secondary N) is 2. The molecule has 3 amide bonds. The zero-order valence-corrected chi connectivity index (χ0v) is 21.3. The Bertz CT molecular complexity index is 786. The standard InChI is InChI=1S/C23H37N3O6Si/c1-6-30-22(28)13-12-21(27)26-15-20(32-16-31-17(2)33(3,4)5)19(24-23(29)25-26)14-18-10-8-7-9-11-18/h7-11,17,19-20H,6,12-16H2,1-5H3,(H2,24,25,29)/t17?,19-,20-/m1/s1. The summed E-state index contributed by atoms with van der Waals surface area (Å²) in [5, 5.41) is 4.12. The Labute approximate surface area is 197 Å². The van der Waals surface area contributed by atoms with Crippen molar-refractivity contribution < 1.29 is 28.6 Å². The second-order valence-corrected chi connectivity index (χ2v) is 14.7. The highest BCUT2D eigenvalue weighted by atomic mass is 28.3. The summed E-state index contributed by atoms with van der Waals surface area (Å²) in [5.74, 6) is -0.836. The Hall–Kier alpha value is -2.43. The van der Waals surface area contributed by atoms with E-state index < -0.39 is 26.2 Å². The molecule has 1 heterocycles. The van der Waals surface area contributed by atoms with E-state index in [4.69, 9.17) is 14.2 Å². The first kappa shape index (κ1) is 26.8. The highest BCUT2D eigenvalue weighted by molar-refractivity contribution is 6.77. The summed E-state index contributed by atoms with van der Waals surface area (Å²) in [6.45, 7) is 10.8. The zero-order chi connectivity index (χ0) is 24.4. The van der Waals surface area contributed by atoms with Crippen molar-refractivity contribution in [3.8, 4) is 0 Å². The largest absolute Gasteiger partial charge is 0.466 e. The van der Waals surface area contributed by atoms with Crippen molar-refractivity contribution in [2.75, 3.05) is 19.9 Å². The molecular weight excluding hydrogens is 442 g/mol. The third kappa shape index (κ3) is 9.15. The summed E-state index contributed by atoms with van der Waals surface area (Å²) in [4.78, 5) is 36.9. The van der Waals surface area contributed by atoms with E-state index in [9.17, 15) is 14.4 Å². The first-order chi connectivity index (χ1) is 15.6. The lowest BCUT2D eigenvalue weighted by Crippen LogP contribution is -2.48. The predicted molar refractivity (Wildman–Crippen MR) is 127 cm³/mol. The minimum atomic E-state index is -1.50. The number of ether oxygens (including phenoxy) is 3. The maximum absolute atomic E-state index is 12.7. The fourth-order valence-electron chi connectivity index (χ4n) is 3.21. The van der Waals surface area contributed by atoms with Crippen LogP contribution in [0.4, 0.5) is 4.79 Å². The lowest BCUT2D eigenvalue weighted by atomic mass is 10.0. The van der Waals surface area contributed by atoms with Crippen molar-refractivity contribution in [3.63, 3.8) is 0 Å². The minimum absolute atomic E-state index is 0.0533. The molecule has 10 heteroatoms. The van der Waals surface area contributed by atoms with Crippen LogP contribution in [0.3, 0.4) is 0 Å². The van der Waals surface area contributed by atoms with Crippen molar-refractivity contribution >= 4 is 26.0 Å². The highest BCUT2D eigenvalue weighted by Crippen LogP contribution is 2.15. The summed E-state index contributed by atoms with van der Waals surface area (Å²) >= 11 is 0. The number of esters is 1. The summed E-state index contributed by atoms with van der Waals surface area (Å²) in [5.41, 5.74) is 3.70. The number of nitrogens with zero attached hydrogens (tertiary/aromatic N) is 1. The molecule has 1 aliphatic rings. The summed E-state index contributed by atoms with van der Waals surface area (Å²) in [6, 6.07) is 8.89. The minimum Gasteiger partial charge on any atom is -0.466 e. The molecule has 0 radical (unpaired) electrons. The van der Waals surface area contributed by atoms with Crippen LogP contribution in [0, 0.1) is 0 Å². The van der Waals surface area contributed by atoms with E-state index in [1.807, 2.05) is 37.3 Å². The molecule has 0 bridgehead atoms. The van der Waals surface area contributed by atoms with Crippen molar-refractivity contribution in [3.05, 3.63) is 35.9 Å². The number of hydrazine groups is 1. The van der Waals surface area contributed by atoms with Crippen molar-refractivity contribution in [2.24, 2.45) is 0 Å². The monoisotopic (exact) mass is 479 g/mol. The molecule has 1 aromatic carbocycles. The van der Waals surface area contributed by atoms with Crippen LogP contribution >= 0.6 is 0 Å². The van der Waals surface area contributed by atoms with Gasteiger partial charge in [0.2, 0.25) is 5.91 Å². The van der Waals surface area contributed by atoms with Crippen LogP contribution < -0.4 is 10.7 Å². The smallest absolute Gasteiger partial charge is 0.333 e. The van der Waals surface area contributed by atoms with Gasteiger partial charge in [0.25, 0.3) is 0 Å². The van der Waals surface area contributed by atoms with E-state index in [0.717, 1.165) is 5.56 Å². The first-order valence-electron chi connectivity index (χ1n) is 11.4. The Balaban J connectivity index is 2.10. The van der Waals surface area contributed by atoms with Crippen LogP contribution in [0.1, 0.15) is 32.3 Å². The second kappa shape index (κ2) is 12.7. The Morgan fingerprint density at radius 3 is 2.52 bits per heavy atom. The van der Waals surface area contributed by atoms with Gasteiger partial charge in [-0.25, -0.2) is 15.2 Å². The summed E-state index contributed by atoms with van der Waals surface area (Å²) in [6.07, 6.45) is -0.0990. The summed E-state index contributed by atoms with van der Waals surface area (Å²) < 4.78 is 16.9. The number of rotatable bonds is 11. The Kier molecular flexibility index (Phi) is 10.3. The van der Waals surface area contributed by atoms with Gasteiger partial charge < -0.3 is 19.5 Å². The van der Waals surface area contributed by atoms with E-state index in [1.54, 1.807) is 6.92 Å². The summed E-state index contributed by atoms with van der Waals surface area (Å²) in [7, 11) is -1.50. The maximum atomic E-state index is 12.7. The molecule has 184 valence electrons. The lowest BCUT2D eigenvalue weighted by molar-refractivity contribution is -0.147. The number of carbonyl (C=O) groups excluding carboxylic acids is 3. The van der Waals surface area contributed by atoms with Gasteiger partial charge >= 0.3 is 12.0 Å². The van der Waals surface area contributed by atoms with Crippen LogP contribution in [0.15, 0.2) is 30.3 Å². The molecule has 0 aliphatic carbocycles. The lowest BCUT2D eigenvalue weighted by Gasteiger charge is -2.30. The van der Waals surface area contributed by atoms with Crippen LogP contribution in [-0.4, -0.2) is 68.8 Å². The molecule has 0 saturated carbocycles. The first-order valence-corrected chi connectivity index (χ1v) is 15.0. The number of hydrogen-bond donors (Lipinski definition) is 2. The van der Waals surface area contributed by atoms with Crippen molar-refractivity contribution in [2.45, 2.75) is 70.6 Å². The van der Waals surface area contributed by atoms with E-state index in [-0.39, 0.29) is 50.5 Å². The van der Waals surface area contributed by atoms with Gasteiger partial charge in [0.05, 0.1) is 33.7 Å². The molecule has 2 rings (SSSR count). The van der Waals surface area contributed by atoms with Gasteiger partial charge in [0, 0.05) is 12.1 Å². The highest BCUT2D eigenvalue weighted by Gasteiger charge is 2.34. The number of carbonyl (C=O) groups is 3. The molecule has 33 heavy (non-hydrogen) atoms. The van der Waals surface area contributed by atoms with Gasteiger partial charge in [-0.05, 0) is 25.8 Å². The quantitative estimate of drug-likeness (QED) is 0.287. The molecule has 9 nitrogen and oxygen atoms in total. The molecule has 1 unspecified atom stereocenters. The molecular formula is C23H37N3O6Si. The van der Waals surface area contributed by atoms with Crippen LogP contribution in [0.5, 0.6) is 0 Å². The average Bonchev–Trinajstić information content (AvgIpc) is 2.90. The fourth-order valence-corrected chi connectivity index (χ4v) is 3.78. The van der Waals surface area contributed by atoms with Gasteiger partial charge in [-0.1, -0.05) is 50.0 Å². The zero-order valence-electron chi connectivity index (χ0n) is 20.3. The normalized spacial score (nSPS) is 19.8. The van der Waals surface area contributed by atoms with E-state index in [0.29, 0.717) is 6.42 Å². The number of hydrogen-bond acceptors (Lipinski definition) is 6. The fraction of sp³-hybridized carbons (Fsp3) is 0.609. The van der Waals surface area contributed by atoms with Crippen LogP contribution in [-0.2, 0) is 30.2 Å². The predicted octanol–water partition coefficient (Wildman–Crippen LogP) is 2.62. The van der Waals surface area contributed by atoms with Gasteiger partial charge in [-0.2, -0.15) is 0 Å². The topological polar surface area (TPSA) is 106 Å². The van der Waals surface area contributed by atoms with Gasteiger partial charge in [-0.15, -0.1) is 0 Å². The van der Waals surface area contributed by atoms with Crippen molar-refractivity contribution in [1.29, 1.82) is 0 Å². The molecule has 1 fully saturated rings. The molecule has 0 spiro atoms. The number of amides is 3. The third-order valence-corrected chi connectivity index (χ3v) is 8.24. The van der Waals surface area contributed by atoms with Gasteiger partial charge in [0.1, 0.15) is 12.9 Å². The molecule has 3 atom stereocenters. The molecule has 2 N–H and O–H groups in total. The molecule has 1 saturated heterocycles. The maximum Gasteiger partial charge on any atom is 0.333 e. The van der Waals surface area contributed by atoms with Crippen LogP contribution in [0.25, 0.3) is 0 Å². The average molecular weight is 480 g/mol. The number of benzene rings is 1. The molecule has 1 aromatic rings. The number of urea groups is 1. The van der Waals surface area contributed by atoms with E-state index in [2.05, 4.69) is 30.4 Å². The Morgan fingerprint density at radius 1 is 1.18 bits per heavy atom. The Morgan fingerprint density at radius 2 is 1.88 bits per heavy atom. The third-order valence-electron chi connectivity index (χ3n) is 5.63.